The van der Waals surface area contributed by atoms with E-state index < -0.39 is 280 Å². The van der Waals surface area contributed by atoms with Crippen LogP contribution in [0.3, 0.4) is 0 Å². The first kappa shape index (κ1) is 85.2. The highest BCUT2D eigenvalue weighted by molar-refractivity contribution is 5.87. The van der Waals surface area contributed by atoms with E-state index in [0.717, 1.165) is 11.1 Å². The maximum atomic E-state index is 16.2. The standard InChI is InChI=1S/C75H114N2O33/c1-31-46(83)59(107-63-56(93)53(90)48(85)36(26-78)101-63)58(95)65(100-31)109-61-55(92)50(87)38(28-80)103-67(61)110-68(96)75-23-22-73(7)33(34(75)24-70(2,3)43(25-75)105-44(82)17-14-32-12-10-9-11-13-32)15-16-41-72(6)20-19-42(71(4,5)40(72)18-21-74(41,73)8)106-62-45(77-69(76)97)52(89)51(88)39(104-62)30-99-66-60(47(84)35(81)29-98-66)108-64-57(94)54(91)49(86)37(27-79)102-64/h9-15,17,31,34-43,45-67,78-81,83-95H,16,18-30H2,1-8H3,(H3,76,77,97)/b17-14+/t31-,34-,35+,36+,37+,38+,39+,40-,41+,42-,43-,45+,46-,47-,48+,49+,50+,51+,52+,53-,54-,55-,56+,57+,58+,59+,60+,61+,62-,63-,64-,65-,66-,67-,72-,73+,74+,75+/m0/s1. The average molecular weight is 1570 g/mol. The van der Waals surface area contributed by atoms with Crippen LogP contribution in [0.25, 0.3) is 6.08 Å². The Hall–Kier alpha value is -4.21. The number of carbonyl (C=O) groups is 3. The summed E-state index contributed by atoms with van der Waals surface area (Å²) in [7, 11) is 0. The smallest absolute Gasteiger partial charge is 0.331 e. The number of amides is 2. The predicted molar refractivity (Wildman–Crippen MR) is 372 cm³/mol. The van der Waals surface area contributed by atoms with Crippen LogP contribution in [0.15, 0.2) is 48.1 Å². The minimum Gasteiger partial charge on any atom is -0.459 e. The number of hydrogen-bond donors (Lipinski definition) is 19. The summed E-state index contributed by atoms with van der Waals surface area (Å²) in [5, 5.41) is 188. The van der Waals surface area contributed by atoms with Crippen LogP contribution >= 0.6 is 0 Å². The molecule has 0 spiro atoms. The molecule has 6 aliphatic heterocycles. The molecule has 11 aliphatic rings. The van der Waals surface area contributed by atoms with Crippen LogP contribution in [0.4, 0.5) is 4.79 Å². The maximum Gasteiger partial charge on any atom is 0.331 e. The fourth-order valence-corrected chi connectivity index (χ4v) is 20.4. The molecular formula is C75H114N2O33. The van der Waals surface area contributed by atoms with Crippen LogP contribution in [-0.4, -0.2) is 328 Å². The number of rotatable bonds is 20. The van der Waals surface area contributed by atoms with Gasteiger partial charge in [0.2, 0.25) is 6.29 Å². The summed E-state index contributed by atoms with van der Waals surface area (Å²) in [6.45, 7) is 12.8. The van der Waals surface area contributed by atoms with E-state index in [1.807, 2.05) is 44.2 Å². The quantitative estimate of drug-likeness (QED) is 0.0258. The van der Waals surface area contributed by atoms with Gasteiger partial charge in [0, 0.05) is 17.9 Å². The molecule has 1 aromatic carbocycles. The third-order valence-electron chi connectivity index (χ3n) is 27.2. The van der Waals surface area contributed by atoms with Crippen molar-refractivity contribution in [3.63, 3.8) is 0 Å². The van der Waals surface area contributed by atoms with Crippen molar-refractivity contribution >= 4 is 24.0 Å². The zero-order valence-corrected chi connectivity index (χ0v) is 62.9. The zero-order valence-electron chi connectivity index (χ0n) is 62.9. The van der Waals surface area contributed by atoms with Crippen molar-refractivity contribution in [2.75, 3.05) is 33.0 Å². The molecule has 0 unspecified atom stereocenters. The summed E-state index contributed by atoms with van der Waals surface area (Å²) >= 11 is 0. The van der Waals surface area contributed by atoms with Crippen molar-refractivity contribution in [1.82, 2.24) is 5.32 Å². The topological polar surface area (TPSA) is 553 Å². The molecule has 35 heteroatoms. The molecule has 0 bridgehead atoms. The minimum absolute atomic E-state index is 0.00741. The van der Waals surface area contributed by atoms with E-state index in [-0.39, 0.29) is 31.1 Å². The third-order valence-corrected chi connectivity index (χ3v) is 27.2. The number of hydrogen-bond acceptors (Lipinski definition) is 33. The van der Waals surface area contributed by atoms with Gasteiger partial charge in [-0.25, -0.2) is 9.59 Å². The molecule has 20 N–H and O–H groups in total. The summed E-state index contributed by atoms with van der Waals surface area (Å²) in [4.78, 5) is 43.0. The van der Waals surface area contributed by atoms with E-state index in [1.54, 1.807) is 6.08 Å². The molecule has 6 saturated heterocycles. The Kier molecular flexibility index (Phi) is 25.6. The Morgan fingerprint density at radius 1 is 0.545 bits per heavy atom. The van der Waals surface area contributed by atoms with Crippen molar-refractivity contribution in [2.24, 2.45) is 56.0 Å². The SMILES string of the molecule is C[C@@H]1O[C@@H](O[C@H]2[C@H](OC(=O)[C@@]34CC[C@]5(C)C(=CC[C@@H]6[C@@]7(C)CC[C@H](O[C@@H]8O[C@H](CO[C@@H]9OC[C@@H](O)[C@H](O)[C@H]9O[C@@H]9O[C@H](CO)[C@@H](O)[C@H](O)[C@H]9O)[C@@H](O)[C@H](O)[C@H]8NC(N)=O)C(C)(C)[C@@H]7CC[C@]65C)[C@@H]3CC(C)(C)[C@@H](OC(=O)/C=C/c3ccccc3)C4)O[C@H](CO)[C@@H](O)[C@@H]2O)[C@H](O)[C@H](O[C@@H]2O[C@H](CO)[C@@H](O)[C@H](O)[C@H]2O)[C@H]1O. The lowest BCUT2D eigenvalue weighted by Gasteiger charge is -2.71. The molecule has 1 aromatic rings. The number of ether oxygens (including phenoxy) is 13. The van der Waals surface area contributed by atoms with Crippen molar-refractivity contribution < 1.29 is 163 Å². The molecule has 0 radical (unpaired) electrons. The zero-order chi connectivity index (χ0) is 80.0. The fourth-order valence-electron chi connectivity index (χ4n) is 20.4. The predicted octanol–water partition coefficient (Wildman–Crippen LogP) is -3.81. The van der Waals surface area contributed by atoms with E-state index in [4.69, 9.17) is 67.3 Å². The van der Waals surface area contributed by atoms with Crippen LogP contribution < -0.4 is 11.1 Å². The largest absolute Gasteiger partial charge is 0.459 e. The molecule has 0 aromatic heterocycles. The summed E-state index contributed by atoms with van der Waals surface area (Å²) in [6.07, 6.45) is -41.4. The van der Waals surface area contributed by atoms with E-state index in [2.05, 4.69) is 46.0 Å². The van der Waals surface area contributed by atoms with E-state index in [9.17, 15) is 96.4 Å². The number of aliphatic hydroxyl groups is 17. The van der Waals surface area contributed by atoms with Crippen LogP contribution in [-0.2, 0) is 71.2 Å². The number of aliphatic hydroxyl groups excluding tert-OH is 17. The molecule has 2 amide bonds. The van der Waals surface area contributed by atoms with E-state index in [0.29, 0.717) is 38.5 Å². The van der Waals surface area contributed by atoms with Crippen LogP contribution in [0.1, 0.15) is 119 Å². The molecule has 6 heterocycles. The number of carbonyl (C=O) groups excluding carboxylic acids is 3. The number of esters is 2. The van der Waals surface area contributed by atoms with Crippen molar-refractivity contribution in [2.45, 2.75) is 303 Å². The molecular weight excluding hydrogens is 1460 g/mol. The van der Waals surface area contributed by atoms with E-state index >= 15 is 4.79 Å². The van der Waals surface area contributed by atoms with E-state index in [1.165, 1.54) is 13.0 Å². The second kappa shape index (κ2) is 33.1. The highest BCUT2D eigenvalue weighted by atomic mass is 16.8. The summed E-state index contributed by atoms with van der Waals surface area (Å²) in [5.41, 5.74) is 2.93. The number of nitrogens with one attached hydrogen (secondary N) is 1. The first-order valence-corrected chi connectivity index (χ1v) is 38.2. The van der Waals surface area contributed by atoms with Gasteiger partial charge >= 0.3 is 18.0 Å². The van der Waals surface area contributed by atoms with Crippen molar-refractivity contribution in [3.8, 4) is 0 Å². The summed E-state index contributed by atoms with van der Waals surface area (Å²) in [6, 6.07) is 6.63. The second-order valence-corrected chi connectivity index (χ2v) is 34.2. The lowest BCUT2D eigenvalue weighted by atomic mass is 9.33. The van der Waals surface area contributed by atoms with Crippen LogP contribution in [0, 0.1) is 50.2 Å². The van der Waals surface area contributed by atoms with Gasteiger partial charge < -0.3 is 159 Å². The van der Waals surface area contributed by atoms with Gasteiger partial charge in [0.15, 0.2) is 37.6 Å². The average Bonchev–Trinajstić information content (AvgIpc) is 0.673. The van der Waals surface area contributed by atoms with Gasteiger partial charge in [-0.15, -0.1) is 0 Å². The van der Waals surface area contributed by atoms with Gasteiger partial charge in [-0.2, -0.15) is 0 Å². The van der Waals surface area contributed by atoms with Crippen molar-refractivity contribution in [3.05, 3.63) is 53.6 Å². The molecule has 4 saturated carbocycles. The lowest BCUT2D eigenvalue weighted by molar-refractivity contribution is -0.380. The van der Waals surface area contributed by atoms with Gasteiger partial charge in [0.25, 0.3) is 0 Å². The number of urea groups is 1. The monoisotopic (exact) mass is 1570 g/mol. The van der Waals surface area contributed by atoms with Gasteiger partial charge in [0.05, 0.1) is 50.7 Å². The van der Waals surface area contributed by atoms with Crippen molar-refractivity contribution in [1.29, 1.82) is 0 Å². The summed E-state index contributed by atoms with van der Waals surface area (Å²) in [5.74, 6) is -2.18. The molecule has 10 fully saturated rings. The Balaban J connectivity index is 0.802. The first-order valence-electron chi connectivity index (χ1n) is 38.2. The molecule has 5 aliphatic carbocycles. The highest BCUT2D eigenvalue weighted by Gasteiger charge is 2.72. The minimum atomic E-state index is -2.05. The van der Waals surface area contributed by atoms with Gasteiger partial charge in [0.1, 0.15) is 134 Å². The molecule has 35 nitrogen and oxygen atoms in total. The van der Waals surface area contributed by atoms with Crippen LogP contribution in [0.2, 0.25) is 0 Å². The Bertz CT molecular complexity index is 3390. The Morgan fingerprint density at radius 2 is 1.11 bits per heavy atom. The molecule has 12 rings (SSSR count). The van der Waals surface area contributed by atoms with Gasteiger partial charge in [-0.3, -0.25) is 4.79 Å². The third kappa shape index (κ3) is 15.5. The second-order valence-electron chi connectivity index (χ2n) is 34.2. The number of allylic oxidation sites excluding steroid dienone is 2. The highest BCUT2D eigenvalue weighted by Crippen LogP contribution is 2.76. The normalized spacial score (nSPS) is 49.3. The Morgan fingerprint density at radius 3 is 1.72 bits per heavy atom. The lowest BCUT2D eigenvalue weighted by Crippen LogP contribution is -2.68. The number of nitrogens with two attached hydrogens (primary N) is 1. The maximum absolute atomic E-state index is 16.2. The number of benzene rings is 1. The molecule has 622 valence electrons. The Labute approximate surface area is 636 Å². The molecule has 110 heavy (non-hydrogen) atoms. The first-order chi connectivity index (χ1) is 51.8. The van der Waals surface area contributed by atoms with Gasteiger partial charge in [-0.05, 0) is 109 Å². The number of fused-ring (bicyclic) bond motifs is 7. The van der Waals surface area contributed by atoms with Gasteiger partial charge in [-0.1, -0.05) is 90.4 Å². The van der Waals surface area contributed by atoms with Crippen LogP contribution in [0.5, 0.6) is 0 Å². The molecule has 38 atom stereocenters. The summed E-state index contributed by atoms with van der Waals surface area (Å²) < 4.78 is 79.1. The number of primary amides is 1. The fraction of sp³-hybridized carbons (Fsp3) is 0.827.